The number of hydrogen-bond acceptors (Lipinski definition) is 2. The van der Waals surface area contributed by atoms with Crippen molar-refractivity contribution in [3.05, 3.63) is 0 Å². The molecule has 0 unspecified atom stereocenters. The zero-order valence-corrected chi connectivity index (χ0v) is 9.89. The normalized spacial score (nSPS) is 26.0. The van der Waals surface area contributed by atoms with Crippen LogP contribution in [0.15, 0.2) is 0 Å². The second-order valence-corrected chi connectivity index (χ2v) is 4.59. The molecule has 1 fully saturated rings. The minimum atomic E-state index is -0.828. The van der Waals surface area contributed by atoms with Gasteiger partial charge in [0.25, 0.3) is 0 Å². The number of carboxylic acid groups (broad SMARTS) is 1. The van der Waals surface area contributed by atoms with Crippen molar-refractivity contribution in [1.29, 1.82) is 0 Å². The third-order valence-electron chi connectivity index (χ3n) is 2.49. The average molecular weight is 223 g/mol. The van der Waals surface area contributed by atoms with Gasteiger partial charge in [-0.05, 0) is 27.7 Å². The zero-order valence-electron chi connectivity index (χ0n) is 9.07. The molecular formula is C9H19ClN2O2. The molecule has 0 aromatic rings. The van der Waals surface area contributed by atoms with E-state index in [0.717, 1.165) is 6.54 Å². The predicted octanol–water partition coefficient (Wildman–Crippen LogP) is 1.55. The molecule has 1 amide bonds. The summed E-state index contributed by atoms with van der Waals surface area (Å²) in [6.07, 6.45) is -0.828. The molecule has 2 N–H and O–H groups in total. The Morgan fingerprint density at radius 1 is 1.50 bits per heavy atom. The van der Waals surface area contributed by atoms with E-state index in [1.54, 1.807) is 0 Å². The first kappa shape index (κ1) is 13.5. The SMILES string of the molecule is C[C@@H]1NC[C@H]1N(C(=O)O)C(C)(C)C.Cl. The molecule has 1 heterocycles. The third kappa shape index (κ3) is 2.51. The smallest absolute Gasteiger partial charge is 0.408 e. The number of nitrogens with zero attached hydrogens (tertiary/aromatic N) is 1. The largest absolute Gasteiger partial charge is 0.465 e. The van der Waals surface area contributed by atoms with Gasteiger partial charge in [0, 0.05) is 18.1 Å². The number of carbonyl (C=O) groups is 1. The van der Waals surface area contributed by atoms with Crippen molar-refractivity contribution in [3.63, 3.8) is 0 Å². The van der Waals surface area contributed by atoms with E-state index in [4.69, 9.17) is 5.11 Å². The van der Waals surface area contributed by atoms with E-state index in [2.05, 4.69) is 5.32 Å². The lowest BCUT2D eigenvalue weighted by Crippen LogP contribution is -2.68. The minimum Gasteiger partial charge on any atom is -0.465 e. The summed E-state index contributed by atoms with van der Waals surface area (Å²) in [4.78, 5) is 12.6. The third-order valence-corrected chi connectivity index (χ3v) is 2.49. The van der Waals surface area contributed by atoms with E-state index in [-0.39, 0.29) is 30.0 Å². The molecule has 1 aliphatic heterocycles. The quantitative estimate of drug-likeness (QED) is 0.708. The second kappa shape index (κ2) is 4.36. The Hall–Kier alpha value is -0.480. The van der Waals surface area contributed by atoms with Gasteiger partial charge in [0.2, 0.25) is 0 Å². The molecular weight excluding hydrogens is 204 g/mol. The summed E-state index contributed by atoms with van der Waals surface area (Å²) in [6, 6.07) is 0.396. The van der Waals surface area contributed by atoms with E-state index in [1.165, 1.54) is 4.90 Å². The van der Waals surface area contributed by atoms with Gasteiger partial charge in [0.1, 0.15) is 0 Å². The Balaban J connectivity index is 0.00000169. The van der Waals surface area contributed by atoms with Gasteiger partial charge in [-0.1, -0.05) is 0 Å². The molecule has 4 nitrogen and oxygen atoms in total. The lowest BCUT2D eigenvalue weighted by Gasteiger charge is -2.48. The summed E-state index contributed by atoms with van der Waals surface area (Å²) < 4.78 is 0. The van der Waals surface area contributed by atoms with Crippen LogP contribution < -0.4 is 5.32 Å². The van der Waals surface area contributed by atoms with Crippen molar-refractivity contribution in [2.24, 2.45) is 0 Å². The molecule has 1 aliphatic rings. The summed E-state index contributed by atoms with van der Waals surface area (Å²) >= 11 is 0. The van der Waals surface area contributed by atoms with Crippen molar-refractivity contribution in [1.82, 2.24) is 10.2 Å². The fourth-order valence-electron chi connectivity index (χ4n) is 1.70. The Morgan fingerprint density at radius 2 is 2.00 bits per heavy atom. The highest BCUT2D eigenvalue weighted by Gasteiger charge is 2.40. The summed E-state index contributed by atoms with van der Waals surface area (Å²) in [5.74, 6) is 0. The second-order valence-electron chi connectivity index (χ2n) is 4.59. The van der Waals surface area contributed by atoms with Crippen molar-refractivity contribution < 1.29 is 9.90 Å². The monoisotopic (exact) mass is 222 g/mol. The molecule has 14 heavy (non-hydrogen) atoms. The number of nitrogens with one attached hydrogen (secondary N) is 1. The number of halogens is 1. The molecule has 5 heteroatoms. The van der Waals surface area contributed by atoms with Crippen molar-refractivity contribution in [3.8, 4) is 0 Å². The predicted molar refractivity (Wildman–Crippen MR) is 58.1 cm³/mol. The first-order chi connectivity index (χ1) is 5.84. The van der Waals surface area contributed by atoms with Crippen LogP contribution in [0.4, 0.5) is 4.79 Å². The van der Waals surface area contributed by atoms with Crippen LogP contribution in [0.3, 0.4) is 0 Å². The molecule has 0 radical (unpaired) electrons. The van der Waals surface area contributed by atoms with E-state index in [9.17, 15) is 4.79 Å². The summed E-state index contributed by atoms with van der Waals surface area (Å²) in [7, 11) is 0. The van der Waals surface area contributed by atoms with Gasteiger partial charge >= 0.3 is 6.09 Å². The van der Waals surface area contributed by atoms with E-state index in [1.807, 2.05) is 27.7 Å². The molecule has 2 atom stereocenters. The van der Waals surface area contributed by atoms with Crippen LogP contribution >= 0.6 is 12.4 Å². The average Bonchev–Trinajstić information content (AvgIpc) is 1.93. The van der Waals surface area contributed by atoms with Gasteiger partial charge in [-0.3, -0.25) is 4.90 Å². The molecule has 0 aliphatic carbocycles. The van der Waals surface area contributed by atoms with Crippen molar-refractivity contribution in [2.45, 2.75) is 45.3 Å². The molecule has 0 bridgehead atoms. The lowest BCUT2D eigenvalue weighted by molar-refractivity contribution is 0.0321. The number of rotatable bonds is 1. The molecule has 0 spiro atoms. The van der Waals surface area contributed by atoms with Gasteiger partial charge in [0.15, 0.2) is 0 Å². The molecule has 0 saturated carbocycles. The highest BCUT2D eigenvalue weighted by atomic mass is 35.5. The van der Waals surface area contributed by atoms with E-state index < -0.39 is 6.09 Å². The number of hydrogen-bond donors (Lipinski definition) is 2. The molecule has 1 saturated heterocycles. The first-order valence-corrected chi connectivity index (χ1v) is 4.59. The molecule has 0 aromatic heterocycles. The van der Waals surface area contributed by atoms with Crippen LogP contribution in [0.2, 0.25) is 0 Å². The molecule has 84 valence electrons. The lowest BCUT2D eigenvalue weighted by atomic mass is 9.95. The van der Waals surface area contributed by atoms with Gasteiger partial charge < -0.3 is 10.4 Å². The van der Waals surface area contributed by atoms with E-state index in [0.29, 0.717) is 0 Å². The Kier molecular flexibility index (Phi) is 4.21. The maximum absolute atomic E-state index is 11.0. The first-order valence-electron chi connectivity index (χ1n) is 4.59. The van der Waals surface area contributed by atoms with Crippen LogP contribution in [0.1, 0.15) is 27.7 Å². The topological polar surface area (TPSA) is 52.6 Å². The van der Waals surface area contributed by atoms with Crippen LogP contribution in [0.5, 0.6) is 0 Å². The molecule has 1 rings (SSSR count). The zero-order chi connectivity index (χ0) is 10.2. The Morgan fingerprint density at radius 3 is 2.07 bits per heavy atom. The van der Waals surface area contributed by atoms with Crippen molar-refractivity contribution in [2.75, 3.05) is 6.54 Å². The highest BCUT2D eigenvalue weighted by molar-refractivity contribution is 5.85. The summed E-state index contributed by atoms with van der Waals surface area (Å²) in [5, 5.41) is 12.2. The summed E-state index contributed by atoms with van der Waals surface area (Å²) in [5.41, 5.74) is -0.313. The summed E-state index contributed by atoms with van der Waals surface area (Å²) in [6.45, 7) is 8.55. The van der Waals surface area contributed by atoms with Crippen LogP contribution in [-0.4, -0.2) is 40.3 Å². The fourth-order valence-corrected chi connectivity index (χ4v) is 1.70. The maximum atomic E-state index is 11.0. The van der Waals surface area contributed by atoms with Crippen LogP contribution in [0, 0.1) is 0 Å². The Bertz CT molecular complexity index is 215. The van der Waals surface area contributed by atoms with Crippen molar-refractivity contribution >= 4 is 18.5 Å². The maximum Gasteiger partial charge on any atom is 0.408 e. The van der Waals surface area contributed by atoms with Gasteiger partial charge in [-0.2, -0.15) is 0 Å². The Labute approximate surface area is 91.1 Å². The number of amides is 1. The highest BCUT2D eigenvalue weighted by Crippen LogP contribution is 2.22. The van der Waals surface area contributed by atoms with Gasteiger partial charge in [-0.15, -0.1) is 12.4 Å². The molecule has 0 aromatic carbocycles. The fraction of sp³-hybridized carbons (Fsp3) is 0.889. The minimum absolute atomic E-state index is 0. The van der Waals surface area contributed by atoms with Gasteiger partial charge in [-0.25, -0.2) is 4.79 Å². The van der Waals surface area contributed by atoms with Crippen LogP contribution in [-0.2, 0) is 0 Å². The van der Waals surface area contributed by atoms with Crippen LogP contribution in [0.25, 0.3) is 0 Å². The standard InChI is InChI=1S/C9H18N2O2.ClH/c1-6-7(5-10-6)11(8(12)13)9(2,3)4;/h6-7,10H,5H2,1-4H3,(H,12,13);1H/t6-,7+;/m0./s1. The van der Waals surface area contributed by atoms with Gasteiger partial charge in [0.05, 0.1) is 6.04 Å². The van der Waals surface area contributed by atoms with E-state index >= 15 is 0 Å².